The third-order valence-corrected chi connectivity index (χ3v) is 4.01. The largest absolute Gasteiger partial charge is 0.493 e. The second-order valence-electron chi connectivity index (χ2n) is 6.12. The van der Waals surface area contributed by atoms with Crippen molar-refractivity contribution in [1.29, 1.82) is 0 Å². The van der Waals surface area contributed by atoms with E-state index in [0.29, 0.717) is 22.6 Å². The predicted octanol–water partition coefficient (Wildman–Crippen LogP) is 3.61. The molecule has 0 saturated heterocycles. The number of hydrogen-bond acceptors (Lipinski definition) is 5. The van der Waals surface area contributed by atoms with Crippen LogP contribution in [0.5, 0.6) is 11.5 Å². The molecule has 0 bridgehead atoms. The Morgan fingerprint density at radius 3 is 2.31 bits per heavy atom. The minimum atomic E-state index is -0.474. The molecule has 29 heavy (non-hydrogen) atoms. The zero-order valence-corrected chi connectivity index (χ0v) is 15.9. The number of amides is 1. The summed E-state index contributed by atoms with van der Waals surface area (Å²) in [5.41, 5.74) is 4.53. The van der Waals surface area contributed by atoms with E-state index < -0.39 is 5.97 Å². The average Bonchev–Trinajstić information content (AvgIpc) is 2.76. The number of hydrazone groups is 1. The fraction of sp³-hybridized carbons (Fsp3) is 0.0870. The van der Waals surface area contributed by atoms with Gasteiger partial charge in [-0.3, -0.25) is 4.79 Å². The maximum atomic E-state index is 12.2. The van der Waals surface area contributed by atoms with Gasteiger partial charge in [-0.15, -0.1) is 0 Å². The monoisotopic (exact) mass is 388 g/mol. The number of nitrogens with one attached hydrogen (secondary N) is 1. The third kappa shape index (κ3) is 5.77. The normalized spacial score (nSPS) is 10.5. The Morgan fingerprint density at radius 2 is 1.62 bits per heavy atom. The van der Waals surface area contributed by atoms with Crippen molar-refractivity contribution in [2.45, 2.75) is 6.42 Å². The lowest BCUT2D eigenvalue weighted by molar-refractivity contribution is -0.120. The first-order chi connectivity index (χ1) is 14.2. The highest BCUT2D eigenvalue weighted by atomic mass is 16.6. The molecule has 1 amide bonds. The van der Waals surface area contributed by atoms with Gasteiger partial charge >= 0.3 is 5.97 Å². The van der Waals surface area contributed by atoms with E-state index in [1.54, 1.807) is 42.5 Å². The molecule has 0 unspecified atom stereocenters. The van der Waals surface area contributed by atoms with Crippen LogP contribution in [-0.4, -0.2) is 25.2 Å². The Hall–Kier alpha value is -3.93. The van der Waals surface area contributed by atoms with Gasteiger partial charge < -0.3 is 9.47 Å². The summed E-state index contributed by atoms with van der Waals surface area (Å²) >= 11 is 0. The molecule has 3 rings (SSSR count). The van der Waals surface area contributed by atoms with Crippen LogP contribution in [-0.2, 0) is 11.2 Å². The Morgan fingerprint density at radius 1 is 0.931 bits per heavy atom. The number of rotatable bonds is 7. The number of methoxy groups -OCH3 is 1. The van der Waals surface area contributed by atoms with Crippen LogP contribution in [0.15, 0.2) is 84.0 Å². The first-order valence-corrected chi connectivity index (χ1v) is 8.97. The van der Waals surface area contributed by atoms with Crippen LogP contribution in [0.2, 0.25) is 0 Å². The lowest BCUT2D eigenvalue weighted by atomic mass is 10.1. The minimum Gasteiger partial charge on any atom is -0.493 e. The fourth-order valence-electron chi connectivity index (χ4n) is 2.58. The van der Waals surface area contributed by atoms with Gasteiger partial charge in [0.05, 0.1) is 25.3 Å². The molecular weight excluding hydrogens is 368 g/mol. The second-order valence-corrected chi connectivity index (χ2v) is 6.12. The molecule has 3 aromatic rings. The van der Waals surface area contributed by atoms with Crippen molar-refractivity contribution in [3.63, 3.8) is 0 Å². The van der Waals surface area contributed by atoms with Crippen molar-refractivity contribution < 1.29 is 19.1 Å². The molecule has 3 aromatic carbocycles. The number of carbonyl (C=O) groups excluding carboxylic acids is 2. The van der Waals surface area contributed by atoms with Crippen molar-refractivity contribution in [2.75, 3.05) is 7.11 Å². The zero-order valence-electron chi connectivity index (χ0n) is 15.9. The number of carbonyl (C=O) groups is 2. The van der Waals surface area contributed by atoms with Crippen LogP contribution in [0.4, 0.5) is 0 Å². The molecule has 0 saturated carbocycles. The number of ether oxygens (including phenoxy) is 2. The lowest BCUT2D eigenvalue weighted by Crippen LogP contribution is -2.19. The fourth-order valence-corrected chi connectivity index (χ4v) is 2.58. The van der Waals surface area contributed by atoms with Crippen molar-refractivity contribution in [1.82, 2.24) is 5.43 Å². The molecular formula is C23H20N2O4. The molecule has 0 aliphatic carbocycles. The molecule has 6 heteroatoms. The van der Waals surface area contributed by atoms with Crippen LogP contribution >= 0.6 is 0 Å². The topological polar surface area (TPSA) is 77.0 Å². The molecule has 0 spiro atoms. The number of hydrogen-bond donors (Lipinski definition) is 1. The van der Waals surface area contributed by atoms with Crippen molar-refractivity contribution in [2.24, 2.45) is 5.10 Å². The molecule has 6 nitrogen and oxygen atoms in total. The molecule has 146 valence electrons. The van der Waals surface area contributed by atoms with Crippen LogP contribution in [0.25, 0.3) is 0 Å². The molecule has 0 heterocycles. The van der Waals surface area contributed by atoms with E-state index in [2.05, 4.69) is 10.5 Å². The van der Waals surface area contributed by atoms with Gasteiger partial charge in [-0.2, -0.15) is 5.10 Å². The summed E-state index contributed by atoms with van der Waals surface area (Å²) in [6.45, 7) is 0. The van der Waals surface area contributed by atoms with Crippen molar-refractivity contribution in [3.8, 4) is 11.5 Å². The number of nitrogens with zero attached hydrogens (tertiary/aromatic N) is 1. The molecule has 0 aliphatic rings. The van der Waals surface area contributed by atoms with Crippen LogP contribution in [0.3, 0.4) is 0 Å². The van der Waals surface area contributed by atoms with E-state index in [1.165, 1.54) is 13.3 Å². The smallest absolute Gasteiger partial charge is 0.343 e. The summed E-state index contributed by atoms with van der Waals surface area (Å²) in [4.78, 5) is 24.1. The number of benzene rings is 3. The average molecular weight is 388 g/mol. The van der Waals surface area contributed by atoms with Gasteiger partial charge in [-0.05, 0) is 41.5 Å². The molecule has 0 fully saturated rings. The highest BCUT2D eigenvalue weighted by Gasteiger charge is 2.12. The van der Waals surface area contributed by atoms with E-state index in [1.807, 2.05) is 36.4 Å². The molecule has 1 N–H and O–H groups in total. The Kier molecular flexibility index (Phi) is 6.73. The minimum absolute atomic E-state index is 0.215. The van der Waals surface area contributed by atoms with Gasteiger partial charge in [-0.25, -0.2) is 10.2 Å². The summed E-state index contributed by atoms with van der Waals surface area (Å²) in [6, 6.07) is 23.1. The van der Waals surface area contributed by atoms with Crippen molar-refractivity contribution >= 4 is 18.1 Å². The highest BCUT2D eigenvalue weighted by Crippen LogP contribution is 2.28. The van der Waals surface area contributed by atoms with Gasteiger partial charge in [0.1, 0.15) is 0 Å². The molecule has 0 aromatic heterocycles. The Balaban J connectivity index is 1.61. The summed E-state index contributed by atoms with van der Waals surface area (Å²) in [5.74, 6) is -0.00761. The SMILES string of the molecule is COc1cc(/C=N/NC(=O)Cc2ccccc2)ccc1OC(=O)c1ccccc1. The standard InChI is InChI=1S/C23H20N2O4/c1-28-21-14-18(16-24-25-22(26)15-17-8-4-2-5-9-17)12-13-20(21)29-23(27)19-10-6-3-7-11-19/h2-14,16H,15H2,1H3,(H,25,26)/b24-16+. The third-order valence-electron chi connectivity index (χ3n) is 4.01. The van der Waals surface area contributed by atoms with Gasteiger partial charge in [0, 0.05) is 0 Å². The van der Waals surface area contributed by atoms with Crippen molar-refractivity contribution in [3.05, 3.63) is 95.6 Å². The number of esters is 1. The van der Waals surface area contributed by atoms with E-state index in [9.17, 15) is 9.59 Å². The maximum absolute atomic E-state index is 12.2. The Bertz CT molecular complexity index is 1000. The summed E-state index contributed by atoms with van der Waals surface area (Å²) in [7, 11) is 1.48. The summed E-state index contributed by atoms with van der Waals surface area (Å²) < 4.78 is 10.7. The quantitative estimate of drug-likeness (QED) is 0.290. The van der Waals surface area contributed by atoms with Crippen LogP contribution in [0, 0.1) is 0 Å². The van der Waals surface area contributed by atoms with E-state index in [4.69, 9.17) is 9.47 Å². The molecule has 0 radical (unpaired) electrons. The first-order valence-electron chi connectivity index (χ1n) is 8.97. The van der Waals surface area contributed by atoms with Gasteiger partial charge in [0.2, 0.25) is 5.91 Å². The van der Waals surface area contributed by atoms with Crippen LogP contribution in [0.1, 0.15) is 21.5 Å². The summed E-state index contributed by atoms with van der Waals surface area (Å²) in [5, 5.41) is 3.96. The van der Waals surface area contributed by atoms with Gasteiger partial charge in [0.15, 0.2) is 11.5 Å². The van der Waals surface area contributed by atoms with E-state index >= 15 is 0 Å². The maximum Gasteiger partial charge on any atom is 0.343 e. The molecule has 0 atom stereocenters. The summed E-state index contributed by atoms with van der Waals surface area (Å²) in [6.07, 6.45) is 1.74. The van der Waals surface area contributed by atoms with Gasteiger partial charge in [0.25, 0.3) is 0 Å². The predicted molar refractivity (Wildman–Crippen MR) is 110 cm³/mol. The molecule has 0 aliphatic heterocycles. The Labute approximate surface area is 168 Å². The van der Waals surface area contributed by atoms with Gasteiger partial charge in [-0.1, -0.05) is 48.5 Å². The van der Waals surface area contributed by atoms with Crippen LogP contribution < -0.4 is 14.9 Å². The highest BCUT2D eigenvalue weighted by molar-refractivity contribution is 5.91. The first kappa shape index (κ1) is 19.8. The lowest BCUT2D eigenvalue weighted by Gasteiger charge is -2.10. The second kappa shape index (κ2) is 9.85. The van der Waals surface area contributed by atoms with E-state index in [0.717, 1.165) is 5.56 Å². The van der Waals surface area contributed by atoms with E-state index in [-0.39, 0.29) is 12.3 Å². The zero-order chi connectivity index (χ0) is 20.5.